The molecule has 9 nitrogen and oxygen atoms in total. The third-order valence-electron chi connectivity index (χ3n) is 6.63. The molecule has 3 aromatic heterocycles. The fourth-order valence-corrected chi connectivity index (χ4v) is 5.72. The summed E-state index contributed by atoms with van der Waals surface area (Å²) in [6, 6.07) is 12.8. The Labute approximate surface area is 222 Å². The van der Waals surface area contributed by atoms with Crippen LogP contribution >= 0.6 is 22.9 Å². The second kappa shape index (κ2) is 10.6. The predicted octanol–water partition coefficient (Wildman–Crippen LogP) is 5.72. The molecule has 0 bridgehead atoms. The van der Waals surface area contributed by atoms with Crippen LogP contribution in [-0.2, 0) is 6.54 Å². The number of likely N-dealkylation sites (tertiary alicyclic amines) is 1. The van der Waals surface area contributed by atoms with Crippen molar-refractivity contribution in [3.8, 4) is 16.4 Å². The van der Waals surface area contributed by atoms with Crippen molar-refractivity contribution in [1.29, 1.82) is 0 Å². The number of thiophene rings is 1. The van der Waals surface area contributed by atoms with Gasteiger partial charge in [-0.05, 0) is 57.0 Å². The molecular weight excluding hydrogens is 516 g/mol. The fourth-order valence-electron chi connectivity index (χ4n) is 4.73. The highest BCUT2D eigenvalue weighted by Gasteiger charge is 2.25. The van der Waals surface area contributed by atoms with Crippen LogP contribution in [0.15, 0.2) is 47.0 Å². The average Bonchev–Trinajstić information content (AvgIpc) is 3.59. The van der Waals surface area contributed by atoms with E-state index < -0.39 is 6.16 Å². The lowest BCUT2D eigenvalue weighted by Gasteiger charge is -2.34. The first-order chi connectivity index (χ1) is 17.8. The summed E-state index contributed by atoms with van der Waals surface area (Å²) in [6.45, 7) is 6.46. The number of carbonyl (C=O) groups excluding carboxylic acids is 1. The minimum atomic E-state index is -1.42. The molecule has 0 unspecified atom stereocenters. The number of carbonyl (C=O) groups is 2. The molecule has 4 aromatic rings. The molecule has 1 fully saturated rings. The third-order valence-corrected chi connectivity index (χ3v) is 7.87. The minimum absolute atomic E-state index is 0.0610. The van der Waals surface area contributed by atoms with Crippen molar-refractivity contribution >= 4 is 45.9 Å². The summed E-state index contributed by atoms with van der Waals surface area (Å²) in [5, 5.41) is 17.1. The molecule has 1 amide bonds. The number of piperidine rings is 1. The highest BCUT2D eigenvalue weighted by Crippen LogP contribution is 2.33. The smallest absolute Gasteiger partial charge is 0.449 e. The maximum atomic E-state index is 13.5. The Morgan fingerprint density at radius 2 is 2.03 bits per heavy atom. The first kappa shape index (κ1) is 25.3. The van der Waals surface area contributed by atoms with E-state index in [0.717, 1.165) is 30.8 Å². The van der Waals surface area contributed by atoms with Gasteiger partial charge >= 0.3 is 6.16 Å². The molecule has 1 saturated heterocycles. The maximum Gasteiger partial charge on any atom is 0.511 e. The van der Waals surface area contributed by atoms with Crippen molar-refractivity contribution in [2.45, 2.75) is 45.3 Å². The van der Waals surface area contributed by atoms with Gasteiger partial charge in [-0.1, -0.05) is 22.8 Å². The quantitative estimate of drug-likeness (QED) is 0.227. The average molecular weight is 543 g/mol. The summed E-state index contributed by atoms with van der Waals surface area (Å²) < 4.78 is 13.0. The van der Waals surface area contributed by atoms with Crippen LogP contribution in [0, 0.1) is 0 Å². The number of halogens is 1. The molecule has 4 heterocycles. The molecule has 0 radical (unpaired) electrons. The van der Waals surface area contributed by atoms with E-state index in [1.807, 2.05) is 22.8 Å². The van der Waals surface area contributed by atoms with Crippen LogP contribution in [0.1, 0.15) is 42.9 Å². The van der Waals surface area contributed by atoms with Gasteiger partial charge in [-0.15, -0.1) is 11.3 Å². The minimum Gasteiger partial charge on any atom is -0.449 e. The standard InChI is InChI=1S/C26H27ClN4O5S/c1-15(2)30-10-8-16(9-11-30)28-25(32)20-13-18-19(4-3-5-21(18)35-26(33)34)31(20)14-17-12-22(36-29-17)23-6-7-24(27)37-23/h3-7,12-13,15-16H,8-11,14H2,1-2H3,(H,28,32)(H,33,34). The number of carboxylic acid groups (broad SMARTS) is 1. The Balaban J connectivity index is 1.45. The first-order valence-corrected chi connectivity index (χ1v) is 13.3. The van der Waals surface area contributed by atoms with Crippen LogP contribution in [0.3, 0.4) is 0 Å². The van der Waals surface area contributed by atoms with Crippen molar-refractivity contribution in [3.63, 3.8) is 0 Å². The number of nitrogens with one attached hydrogen (secondary N) is 1. The van der Waals surface area contributed by atoms with E-state index >= 15 is 0 Å². The van der Waals surface area contributed by atoms with Crippen molar-refractivity contribution in [2.24, 2.45) is 0 Å². The lowest BCUT2D eigenvalue weighted by atomic mass is 10.0. The van der Waals surface area contributed by atoms with Crippen LogP contribution in [0.5, 0.6) is 5.75 Å². The van der Waals surface area contributed by atoms with Crippen LogP contribution in [-0.4, -0.2) is 57.0 Å². The molecule has 1 aliphatic heterocycles. The molecule has 5 rings (SSSR count). The van der Waals surface area contributed by atoms with Gasteiger partial charge in [-0.2, -0.15) is 0 Å². The highest BCUT2D eigenvalue weighted by molar-refractivity contribution is 7.19. The number of hydrogen-bond donors (Lipinski definition) is 2. The molecule has 1 aliphatic rings. The van der Waals surface area contributed by atoms with E-state index in [0.29, 0.717) is 38.4 Å². The zero-order chi connectivity index (χ0) is 26.1. The Hall–Kier alpha value is -3.34. The molecule has 0 saturated carbocycles. The number of aromatic nitrogens is 2. The Morgan fingerprint density at radius 3 is 2.70 bits per heavy atom. The zero-order valence-corrected chi connectivity index (χ0v) is 22.0. The van der Waals surface area contributed by atoms with E-state index in [2.05, 4.69) is 29.2 Å². The normalized spacial score (nSPS) is 14.9. The van der Waals surface area contributed by atoms with E-state index in [1.54, 1.807) is 24.3 Å². The molecule has 1 aromatic carbocycles. The number of amides is 1. The second-order valence-electron chi connectivity index (χ2n) is 9.34. The van der Waals surface area contributed by atoms with Gasteiger partial charge in [0.2, 0.25) is 0 Å². The number of nitrogens with zero attached hydrogens (tertiary/aromatic N) is 3. The Bertz CT molecular complexity index is 1430. The van der Waals surface area contributed by atoms with E-state index in [4.69, 9.17) is 20.9 Å². The lowest BCUT2D eigenvalue weighted by molar-refractivity contribution is 0.0892. The van der Waals surface area contributed by atoms with Crippen LogP contribution in [0.4, 0.5) is 4.79 Å². The molecule has 194 valence electrons. The molecule has 0 aliphatic carbocycles. The number of rotatable bonds is 7. The first-order valence-electron chi connectivity index (χ1n) is 12.1. The molecule has 37 heavy (non-hydrogen) atoms. The third kappa shape index (κ3) is 5.51. The Morgan fingerprint density at radius 1 is 1.24 bits per heavy atom. The summed E-state index contributed by atoms with van der Waals surface area (Å²) in [7, 11) is 0. The van der Waals surface area contributed by atoms with Gasteiger partial charge in [-0.3, -0.25) is 4.79 Å². The number of hydrogen-bond acceptors (Lipinski definition) is 7. The largest absolute Gasteiger partial charge is 0.511 e. The highest BCUT2D eigenvalue weighted by atomic mass is 35.5. The lowest BCUT2D eigenvalue weighted by Crippen LogP contribution is -2.46. The maximum absolute atomic E-state index is 13.5. The van der Waals surface area contributed by atoms with E-state index in [9.17, 15) is 14.7 Å². The Kier molecular flexibility index (Phi) is 7.23. The van der Waals surface area contributed by atoms with Crippen LogP contribution < -0.4 is 10.1 Å². The van der Waals surface area contributed by atoms with Gasteiger partial charge in [0.05, 0.1) is 21.3 Å². The summed E-state index contributed by atoms with van der Waals surface area (Å²) >= 11 is 7.45. The predicted molar refractivity (Wildman–Crippen MR) is 142 cm³/mol. The molecule has 2 N–H and O–H groups in total. The monoisotopic (exact) mass is 542 g/mol. The van der Waals surface area contributed by atoms with Gasteiger partial charge < -0.3 is 29.2 Å². The zero-order valence-electron chi connectivity index (χ0n) is 20.4. The summed E-state index contributed by atoms with van der Waals surface area (Å²) in [4.78, 5) is 28.0. The molecule has 0 spiro atoms. The van der Waals surface area contributed by atoms with Gasteiger partial charge in [0.15, 0.2) is 5.76 Å². The summed E-state index contributed by atoms with van der Waals surface area (Å²) in [6.07, 6.45) is 0.320. The summed E-state index contributed by atoms with van der Waals surface area (Å²) in [5.74, 6) is 0.521. The molecule has 11 heteroatoms. The second-order valence-corrected chi connectivity index (χ2v) is 11.1. The van der Waals surface area contributed by atoms with Gasteiger partial charge in [0, 0.05) is 36.6 Å². The van der Waals surface area contributed by atoms with Crippen LogP contribution in [0.25, 0.3) is 21.5 Å². The van der Waals surface area contributed by atoms with Crippen molar-refractivity contribution in [3.05, 3.63) is 58.2 Å². The van der Waals surface area contributed by atoms with Gasteiger partial charge in [-0.25, -0.2) is 4.79 Å². The van der Waals surface area contributed by atoms with Gasteiger partial charge in [0.25, 0.3) is 5.91 Å². The molecular formula is C26H27ClN4O5S. The number of benzene rings is 1. The van der Waals surface area contributed by atoms with Crippen molar-refractivity contribution in [1.82, 2.24) is 19.9 Å². The topological polar surface area (TPSA) is 110 Å². The van der Waals surface area contributed by atoms with Crippen molar-refractivity contribution in [2.75, 3.05) is 13.1 Å². The molecule has 0 atom stereocenters. The number of fused-ring (bicyclic) bond motifs is 1. The summed E-state index contributed by atoms with van der Waals surface area (Å²) in [5.41, 5.74) is 1.66. The van der Waals surface area contributed by atoms with Crippen LogP contribution in [0.2, 0.25) is 4.34 Å². The van der Waals surface area contributed by atoms with Crippen molar-refractivity contribution < 1.29 is 24.0 Å². The van der Waals surface area contributed by atoms with E-state index in [-0.39, 0.29) is 24.2 Å². The van der Waals surface area contributed by atoms with Gasteiger partial charge in [0.1, 0.15) is 17.1 Å². The van der Waals surface area contributed by atoms with E-state index in [1.165, 1.54) is 11.3 Å². The number of ether oxygens (including phenoxy) is 1. The SMILES string of the molecule is CC(C)N1CCC(NC(=O)c2cc3c(OC(=O)O)cccc3n2Cc2cc(-c3ccc(Cl)s3)on2)CC1. The fraction of sp³-hybridized carbons (Fsp3) is 0.346.